The highest BCUT2D eigenvalue weighted by Gasteiger charge is 2.33. The van der Waals surface area contributed by atoms with Crippen LogP contribution in [0.1, 0.15) is 50.2 Å². The summed E-state index contributed by atoms with van der Waals surface area (Å²) in [5.41, 5.74) is 8.30. The maximum atomic E-state index is 13.6. The molecule has 1 unspecified atom stereocenters. The van der Waals surface area contributed by atoms with Gasteiger partial charge in [-0.1, -0.05) is 17.2 Å². The molecule has 1 atom stereocenters. The van der Waals surface area contributed by atoms with Crippen molar-refractivity contribution in [2.24, 2.45) is 0 Å². The zero-order valence-corrected chi connectivity index (χ0v) is 21.9. The fourth-order valence-corrected chi connectivity index (χ4v) is 5.89. The van der Waals surface area contributed by atoms with E-state index in [4.69, 9.17) is 4.74 Å². The van der Waals surface area contributed by atoms with Crippen molar-refractivity contribution in [3.05, 3.63) is 57.3 Å². The van der Waals surface area contributed by atoms with E-state index in [1.54, 1.807) is 0 Å². The van der Waals surface area contributed by atoms with Crippen LogP contribution >= 0.6 is 0 Å². The molecule has 4 aliphatic rings. The molecule has 3 heterocycles. The van der Waals surface area contributed by atoms with Crippen molar-refractivity contribution in [3.63, 3.8) is 0 Å². The predicted octanol–water partition coefficient (Wildman–Crippen LogP) is 2.65. The summed E-state index contributed by atoms with van der Waals surface area (Å²) in [5.74, 6) is -0.223. The molecule has 3 aliphatic heterocycles. The molecule has 1 fully saturated rings. The van der Waals surface area contributed by atoms with E-state index in [-0.39, 0.29) is 18.4 Å². The molecular formula is C29H38N4O4. The highest BCUT2D eigenvalue weighted by Crippen LogP contribution is 2.42. The number of hydrogen-bond acceptors (Lipinski definition) is 6. The Morgan fingerprint density at radius 3 is 2.73 bits per heavy atom. The first kappa shape index (κ1) is 25.7. The number of amides is 2. The lowest BCUT2D eigenvalue weighted by Gasteiger charge is -2.30. The van der Waals surface area contributed by atoms with Crippen molar-refractivity contribution in [3.8, 4) is 0 Å². The lowest BCUT2D eigenvalue weighted by atomic mass is 9.81. The highest BCUT2D eigenvalue weighted by atomic mass is 16.5. The van der Waals surface area contributed by atoms with Gasteiger partial charge in [-0.05, 0) is 69.2 Å². The third-order valence-corrected chi connectivity index (χ3v) is 7.74. The molecule has 8 heteroatoms. The Labute approximate surface area is 218 Å². The molecule has 37 heavy (non-hydrogen) atoms. The number of rotatable bonds is 5. The van der Waals surface area contributed by atoms with Gasteiger partial charge >= 0.3 is 0 Å². The number of fused-ring (bicyclic) bond motifs is 1. The van der Waals surface area contributed by atoms with E-state index < -0.39 is 6.10 Å². The van der Waals surface area contributed by atoms with Crippen molar-refractivity contribution < 1.29 is 19.4 Å². The largest absolute Gasteiger partial charge is 0.390 e. The van der Waals surface area contributed by atoms with Gasteiger partial charge in [-0.2, -0.15) is 0 Å². The van der Waals surface area contributed by atoms with Gasteiger partial charge in [-0.3, -0.25) is 14.5 Å². The van der Waals surface area contributed by atoms with Crippen molar-refractivity contribution in [1.29, 1.82) is 0 Å². The third-order valence-electron chi connectivity index (χ3n) is 7.74. The van der Waals surface area contributed by atoms with E-state index in [2.05, 4.69) is 26.9 Å². The molecule has 1 aliphatic carbocycles. The molecule has 1 aromatic rings. The lowest BCUT2D eigenvalue weighted by Crippen LogP contribution is -2.45. The maximum Gasteiger partial charge on any atom is 0.256 e. The Morgan fingerprint density at radius 1 is 1.14 bits per heavy atom. The molecule has 1 aromatic carbocycles. The number of benzene rings is 1. The summed E-state index contributed by atoms with van der Waals surface area (Å²) in [6.07, 6.45) is 3.53. The van der Waals surface area contributed by atoms with Crippen LogP contribution in [0.4, 0.5) is 5.69 Å². The van der Waals surface area contributed by atoms with E-state index in [0.717, 1.165) is 96.5 Å². The molecule has 0 spiro atoms. The van der Waals surface area contributed by atoms with Crippen LogP contribution in [0.15, 0.2) is 46.2 Å². The smallest absolute Gasteiger partial charge is 0.256 e. The number of aliphatic hydroxyl groups is 1. The van der Waals surface area contributed by atoms with Gasteiger partial charge in [0.2, 0.25) is 0 Å². The minimum absolute atomic E-state index is 0.0776. The number of aryl methyl sites for hydroxylation is 1. The minimum atomic E-state index is -0.644. The molecular weight excluding hydrogens is 468 g/mol. The van der Waals surface area contributed by atoms with Gasteiger partial charge in [0.05, 0.1) is 24.9 Å². The van der Waals surface area contributed by atoms with Gasteiger partial charge in [-0.25, -0.2) is 0 Å². The van der Waals surface area contributed by atoms with Crippen molar-refractivity contribution in [2.45, 2.75) is 52.1 Å². The van der Waals surface area contributed by atoms with E-state index >= 15 is 0 Å². The van der Waals surface area contributed by atoms with Gasteiger partial charge in [0.25, 0.3) is 11.8 Å². The molecule has 0 aromatic heterocycles. The summed E-state index contributed by atoms with van der Waals surface area (Å²) in [5, 5.41) is 20.2. The number of hydrogen-bond donors (Lipinski definition) is 4. The van der Waals surface area contributed by atoms with Gasteiger partial charge in [0.15, 0.2) is 0 Å². The number of nitrogens with one attached hydrogen (secondary N) is 3. The summed E-state index contributed by atoms with van der Waals surface area (Å²) in [6.45, 7) is 8.53. The number of allylic oxidation sites excluding steroid dienone is 2. The number of carbonyl (C=O) groups excluding carboxylic acids is 2. The summed E-state index contributed by atoms with van der Waals surface area (Å²) in [7, 11) is 0. The molecule has 4 N–H and O–H groups in total. The molecule has 0 saturated carbocycles. The molecule has 8 nitrogen and oxygen atoms in total. The Hall–Kier alpha value is -2.94. The Bertz CT molecular complexity index is 1180. The normalized spacial score (nSPS) is 23.5. The van der Waals surface area contributed by atoms with Crippen LogP contribution < -0.4 is 16.0 Å². The number of anilines is 1. The Kier molecular flexibility index (Phi) is 7.79. The molecule has 5 rings (SSSR count). The zero-order valence-electron chi connectivity index (χ0n) is 21.9. The van der Waals surface area contributed by atoms with E-state index in [1.807, 2.05) is 26.0 Å². The number of aliphatic hydroxyl groups excluding tert-OH is 1. The summed E-state index contributed by atoms with van der Waals surface area (Å²) in [4.78, 5) is 28.9. The van der Waals surface area contributed by atoms with Crippen molar-refractivity contribution in [2.75, 3.05) is 51.3 Å². The van der Waals surface area contributed by atoms with E-state index in [0.29, 0.717) is 25.3 Å². The van der Waals surface area contributed by atoms with Crippen LogP contribution in [0.5, 0.6) is 0 Å². The fourth-order valence-electron chi connectivity index (χ4n) is 5.89. The van der Waals surface area contributed by atoms with Crippen LogP contribution in [0, 0.1) is 6.92 Å². The van der Waals surface area contributed by atoms with Gasteiger partial charge in [0.1, 0.15) is 0 Å². The minimum Gasteiger partial charge on any atom is -0.390 e. The highest BCUT2D eigenvalue weighted by molar-refractivity contribution is 6.32. The number of morpholine rings is 1. The summed E-state index contributed by atoms with van der Waals surface area (Å²) >= 11 is 0. The van der Waals surface area contributed by atoms with Crippen LogP contribution in [0.25, 0.3) is 5.57 Å². The van der Waals surface area contributed by atoms with Crippen LogP contribution in [-0.4, -0.2) is 73.9 Å². The third kappa shape index (κ3) is 5.51. The number of ether oxygens (including phenoxy) is 1. The standard InChI is InChI=1S/C29H38N4O4/c1-18-8-9-24-23(15-18)26(29(36)32-24)22-7-3-6-21-25(19(2)5-4-10-30-27(21)22)28(35)31-16-20(34)17-33-11-13-37-14-12-33/h8-9,15,20,30,34H,3-7,10-14,16-17H2,1-2H3,(H,31,35)(H,32,36)/b25-19?,26-22-. The molecule has 1 saturated heterocycles. The van der Waals surface area contributed by atoms with Crippen LogP contribution in [0.2, 0.25) is 0 Å². The lowest BCUT2D eigenvalue weighted by molar-refractivity contribution is -0.118. The Balaban J connectivity index is 1.44. The maximum absolute atomic E-state index is 13.6. The molecule has 0 radical (unpaired) electrons. The van der Waals surface area contributed by atoms with Crippen LogP contribution in [-0.2, 0) is 14.3 Å². The fraction of sp³-hybridized carbons (Fsp3) is 0.517. The van der Waals surface area contributed by atoms with Gasteiger partial charge in [0, 0.05) is 55.2 Å². The average molecular weight is 507 g/mol. The average Bonchev–Trinajstić information content (AvgIpc) is 3.20. The number of carbonyl (C=O) groups is 2. The first-order chi connectivity index (χ1) is 17.9. The number of β-amino-alcohol motifs (C(OH)–C–C–N with tert-alkyl or cyclic N) is 1. The number of nitrogens with zero attached hydrogens (tertiary/aromatic N) is 1. The SMILES string of the molecule is CC1=C(C(=O)NCC(O)CN2CCOCC2)C2=C(NCCC1)/C(=C1\C(=O)Nc3ccc(C)cc31)CCC2. The van der Waals surface area contributed by atoms with E-state index in [9.17, 15) is 14.7 Å². The zero-order chi connectivity index (χ0) is 25.9. The second-order valence-corrected chi connectivity index (χ2v) is 10.5. The van der Waals surface area contributed by atoms with Crippen LogP contribution in [0.3, 0.4) is 0 Å². The second kappa shape index (κ2) is 11.2. The van der Waals surface area contributed by atoms with Crippen molar-refractivity contribution in [1.82, 2.24) is 15.5 Å². The predicted molar refractivity (Wildman–Crippen MR) is 144 cm³/mol. The van der Waals surface area contributed by atoms with Crippen molar-refractivity contribution >= 4 is 23.1 Å². The first-order valence-electron chi connectivity index (χ1n) is 13.5. The Morgan fingerprint density at radius 2 is 1.92 bits per heavy atom. The molecule has 0 bridgehead atoms. The second-order valence-electron chi connectivity index (χ2n) is 10.5. The van der Waals surface area contributed by atoms with Gasteiger partial charge in [-0.15, -0.1) is 0 Å². The molecule has 198 valence electrons. The topological polar surface area (TPSA) is 103 Å². The molecule has 2 amide bonds. The quantitative estimate of drug-likeness (QED) is 0.458. The van der Waals surface area contributed by atoms with E-state index in [1.165, 1.54) is 0 Å². The summed E-state index contributed by atoms with van der Waals surface area (Å²) < 4.78 is 5.38. The monoisotopic (exact) mass is 506 g/mol. The first-order valence-corrected chi connectivity index (χ1v) is 13.5. The summed E-state index contributed by atoms with van der Waals surface area (Å²) in [6, 6.07) is 6.04. The van der Waals surface area contributed by atoms with Gasteiger partial charge < -0.3 is 25.8 Å².